The Labute approximate surface area is 109 Å². The molecule has 0 bridgehead atoms. The first-order valence-corrected chi connectivity index (χ1v) is 7.20. The van der Waals surface area contributed by atoms with E-state index < -0.39 is 0 Å². The third-order valence-electron chi connectivity index (χ3n) is 4.06. The molecule has 2 heteroatoms. The molecule has 96 valence electrons. The largest absolute Gasteiger partial charge is 0.358 e. The van der Waals surface area contributed by atoms with Crippen molar-refractivity contribution >= 4 is 10.9 Å². The topological polar surface area (TPSA) is 27.8 Å². The maximum Gasteiger partial charge on any atom is 0.0458 e. The van der Waals surface area contributed by atoms with Gasteiger partial charge in [-0.15, -0.1) is 0 Å². The highest BCUT2D eigenvalue weighted by Crippen LogP contribution is 2.28. The van der Waals surface area contributed by atoms with Crippen LogP contribution in [-0.4, -0.2) is 17.6 Å². The Kier molecular flexibility index (Phi) is 3.37. The molecule has 0 aliphatic heterocycles. The van der Waals surface area contributed by atoms with E-state index in [1.807, 2.05) is 0 Å². The summed E-state index contributed by atoms with van der Waals surface area (Å²) >= 11 is 0. The number of benzene rings is 1. The first kappa shape index (κ1) is 11.8. The number of hydrogen-bond acceptors (Lipinski definition) is 1. The molecule has 18 heavy (non-hydrogen) atoms. The molecular weight excluding hydrogens is 220 g/mol. The van der Waals surface area contributed by atoms with E-state index in [4.69, 9.17) is 0 Å². The van der Waals surface area contributed by atoms with Gasteiger partial charge in [-0.1, -0.05) is 31.5 Å². The van der Waals surface area contributed by atoms with Gasteiger partial charge in [0.05, 0.1) is 0 Å². The van der Waals surface area contributed by atoms with Crippen LogP contribution in [0, 0.1) is 0 Å². The Balaban J connectivity index is 1.78. The summed E-state index contributed by atoms with van der Waals surface area (Å²) in [5, 5.41) is 5.13. The lowest BCUT2D eigenvalue weighted by molar-refractivity contribution is 0.452. The summed E-state index contributed by atoms with van der Waals surface area (Å²) in [4.78, 5) is 3.58. The van der Waals surface area contributed by atoms with Crippen molar-refractivity contribution in [2.45, 2.75) is 45.1 Å². The average Bonchev–Trinajstić information content (AvgIpc) is 2.77. The van der Waals surface area contributed by atoms with Crippen LogP contribution in [0.15, 0.2) is 24.3 Å². The Hall–Kier alpha value is -1.28. The van der Waals surface area contributed by atoms with E-state index in [9.17, 15) is 0 Å². The normalized spacial score (nSPS) is 19.1. The number of aromatic amines is 1. The average molecular weight is 242 g/mol. The van der Waals surface area contributed by atoms with Crippen molar-refractivity contribution in [2.75, 3.05) is 6.54 Å². The first-order valence-electron chi connectivity index (χ1n) is 7.20. The molecule has 0 saturated carbocycles. The van der Waals surface area contributed by atoms with Crippen LogP contribution in [0.2, 0.25) is 0 Å². The van der Waals surface area contributed by atoms with Crippen molar-refractivity contribution in [2.24, 2.45) is 0 Å². The number of aryl methyl sites for hydroxylation is 1. The standard InChI is InChI=1S/C16H22N2/c1-2-3-10-17-12-8-9-16-14(11-12)13-6-4-5-7-15(13)18-16/h4-7,12,17-18H,2-3,8-11H2,1H3. The van der Waals surface area contributed by atoms with E-state index >= 15 is 0 Å². The van der Waals surface area contributed by atoms with E-state index in [1.165, 1.54) is 55.2 Å². The number of unbranched alkanes of at least 4 members (excludes halogenated alkanes) is 1. The van der Waals surface area contributed by atoms with Crippen LogP contribution in [0.5, 0.6) is 0 Å². The van der Waals surface area contributed by atoms with Crippen LogP contribution in [0.3, 0.4) is 0 Å². The molecule has 1 aliphatic rings. The predicted octanol–water partition coefficient (Wildman–Crippen LogP) is 3.41. The van der Waals surface area contributed by atoms with Gasteiger partial charge in [0.25, 0.3) is 0 Å². The van der Waals surface area contributed by atoms with Crippen LogP contribution in [0.25, 0.3) is 10.9 Å². The fourth-order valence-electron chi connectivity index (χ4n) is 3.03. The Bertz CT molecular complexity index is 527. The SMILES string of the molecule is CCCCNC1CCc2[nH]c3ccccc3c2C1. The molecule has 1 aromatic heterocycles. The smallest absolute Gasteiger partial charge is 0.0458 e. The zero-order valence-electron chi connectivity index (χ0n) is 11.1. The molecule has 1 aliphatic carbocycles. The van der Waals surface area contributed by atoms with Crippen molar-refractivity contribution in [3.63, 3.8) is 0 Å². The van der Waals surface area contributed by atoms with E-state index in [0.717, 1.165) is 0 Å². The van der Waals surface area contributed by atoms with Crippen LogP contribution in [-0.2, 0) is 12.8 Å². The van der Waals surface area contributed by atoms with Gasteiger partial charge in [0.15, 0.2) is 0 Å². The molecule has 1 aromatic carbocycles. The summed E-state index contributed by atoms with van der Waals surface area (Å²) < 4.78 is 0. The maximum atomic E-state index is 3.70. The second-order valence-electron chi connectivity index (χ2n) is 5.38. The van der Waals surface area contributed by atoms with Gasteiger partial charge < -0.3 is 10.3 Å². The Morgan fingerprint density at radius 3 is 3.11 bits per heavy atom. The lowest BCUT2D eigenvalue weighted by Crippen LogP contribution is -2.34. The second-order valence-corrected chi connectivity index (χ2v) is 5.38. The number of nitrogens with one attached hydrogen (secondary N) is 2. The highest BCUT2D eigenvalue weighted by atomic mass is 14.9. The van der Waals surface area contributed by atoms with Gasteiger partial charge >= 0.3 is 0 Å². The molecule has 0 spiro atoms. The Morgan fingerprint density at radius 2 is 2.22 bits per heavy atom. The minimum atomic E-state index is 0.670. The summed E-state index contributed by atoms with van der Waals surface area (Å²) in [5.41, 5.74) is 4.31. The number of para-hydroxylation sites is 1. The van der Waals surface area contributed by atoms with Gasteiger partial charge in [0, 0.05) is 22.6 Å². The Morgan fingerprint density at radius 1 is 1.33 bits per heavy atom. The number of hydrogen-bond donors (Lipinski definition) is 2. The summed E-state index contributed by atoms with van der Waals surface area (Å²) in [6, 6.07) is 9.36. The summed E-state index contributed by atoms with van der Waals surface area (Å²) in [7, 11) is 0. The minimum absolute atomic E-state index is 0.670. The zero-order valence-corrected chi connectivity index (χ0v) is 11.1. The first-order chi connectivity index (χ1) is 8.88. The van der Waals surface area contributed by atoms with Gasteiger partial charge in [-0.05, 0) is 43.9 Å². The number of rotatable bonds is 4. The molecule has 1 heterocycles. The number of fused-ring (bicyclic) bond motifs is 3. The minimum Gasteiger partial charge on any atom is -0.358 e. The molecule has 1 unspecified atom stereocenters. The summed E-state index contributed by atoms with van der Waals surface area (Å²) in [5.74, 6) is 0. The van der Waals surface area contributed by atoms with Crippen LogP contribution in [0.1, 0.15) is 37.4 Å². The molecule has 2 aromatic rings. The van der Waals surface area contributed by atoms with E-state index in [-0.39, 0.29) is 0 Å². The summed E-state index contributed by atoms with van der Waals surface area (Å²) in [6.07, 6.45) is 6.20. The number of aromatic nitrogens is 1. The predicted molar refractivity (Wildman–Crippen MR) is 77.0 cm³/mol. The lowest BCUT2D eigenvalue weighted by Gasteiger charge is -2.23. The molecule has 3 rings (SSSR count). The van der Waals surface area contributed by atoms with Crippen molar-refractivity contribution in [3.05, 3.63) is 35.5 Å². The van der Waals surface area contributed by atoms with Gasteiger partial charge in [-0.2, -0.15) is 0 Å². The van der Waals surface area contributed by atoms with Gasteiger partial charge in [0.1, 0.15) is 0 Å². The lowest BCUT2D eigenvalue weighted by atomic mass is 9.91. The van der Waals surface area contributed by atoms with Gasteiger partial charge in [-0.25, -0.2) is 0 Å². The highest BCUT2D eigenvalue weighted by molar-refractivity contribution is 5.84. The van der Waals surface area contributed by atoms with Crippen molar-refractivity contribution in [1.82, 2.24) is 10.3 Å². The second kappa shape index (κ2) is 5.15. The van der Waals surface area contributed by atoms with Crippen LogP contribution >= 0.6 is 0 Å². The molecular formula is C16H22N2. The van der Waals surface area contributed by atoms with Gasteiger partial charge in [-0.3, -0.25) is 0 Å². The monoisotopic (exact) mass is 242 g/mol. The zero-order chi connectivity index (χ0) is 12.4. The molecule has 0 amide bonds. The molecule has 2 nitrogen and oxygen atoms in total. The highest BCUT2D eigenvalue weighted by Gasteiger charge is 2.21. The van der Waals surface area contributed by atoms with Gasteiger partial charge in [0.2, 0.25) is 0 Å². The molecule has 1 atom stereocenters. The summed E-state index contributed by atoms with van der Waals surface area (Å²) in [6.45, 7) is 3.42. The van der Waals surface area contributed by atoms with Crippen molar-refractivity contribution in [3.8, 4) is 0 Å². The number of H-pyrrole nitrogens is 1. The fourth-order valence-corrected chi connectivity index (χ4v) is 3.03. The van der Waals surface area contributed by atoms with E-state index in [2.05, 4.69) is 41.5 Å². The molecule has 0 radical (unpaired) electrons. The van der Waals surface area contributed by atoms with E-state index in [1.54, 1.807) is 5.56 Å². The van der Waals surface area contributed by atoms with Crippen molar-refractivity contribution < 1.29 is 0 Å². The quantitative estimate of drug-likeness (QED) is 0.790. The molecule has 2 N–H and O–H groups in total. The third kappa shape index (κ3) is 2.17. The van der Waals surface area contributed by atoms with E-state index in [0.29, 0.717) is 6.04 Å². The maximum absolute atomic E-state index is 3.70. The van der Waals surface area contributed by atoms with Crippen LogP contribution in [0.4, 0.5) is 0 Å². The molecule has 0 saturated heterocycles. The fraction of sp³-hybridized carbons (Fsp3) is 0.500. The molecule has 0 fully saturated rings. The third-order valence-corrected chi connectivity index (χ3v) is 4.06. The van der Waals surface area contributed by atoms with Crippen LogP contribution < -0.4 is 5.32 Å². The van der Waals surface area contributed by atoms with Crippen molar-refractivity contribution in [1.29, 1.82) is 0 Å².